The van der Waals surface area contributed by atoms with Crippen molar-refractivity contribution >= 4 is 11.9 Å². The summed E-state index contributed by atoms with van der Waals surface area (Å²) in [6.07, 6.45) is 4.76. The minimum absolute atomic E-state index is 0.117. The Balaban J connectivity index is 2.05. The molecule has 0 atom stereocenters. The molecule has 0 spiro atoms. The lowest BCUT2D eigenvalue weighted by atomic mass is 10.3. The third kappa shape index (κ3) is 3.07. The average molecular weight is 233 g/mol. The number of aromatic nitrogens is 1. The minimum Gasteiger partial charge on any atom is -0.276 e. The number of halogens is 2. The number of benzene rings is 1. The average Bonchev–Trinajstić information content (AvgIpc) is 2.33. The molecule has 0 fully saturated rings. The summed E-state index contributed by atoms with van der Waals surface area (Å²) in [7, 11) is 0. The third-order valence-corrected chi connectivity index (χ3v) is 2.01. The molecule has 0 bridgehead atoms. The Morgan fingerprint density at radius 2 is 2.12 bits per heavy atom. The van der Waals surface area contributed by atoms with E-state index in [1.165, 1.54) is 12.3 Å². The molecule has 5 heteroatoms. The molecular formula is C12H9F2N3. The van der Waals surface area contributed by atoms with E-state index in [4.69, 9.17) is 0 Å². The van der Waals surface area contributed by atoms with Crippen molar-refractivity contribution in [2.45, 2.75) is 0 Å². The van der Waals surface area contributed by atoms with Crippen LogP contribution < -0.4 is 5.43 Å². The van der Waals surface area contributed by atoms with Gasteiger partial charge in [-0.1, -0.05) is 6.07 Å². The maximum absolute atomic E-state index is 13.2. The lowest BCUT2D eigenvalue weighted by Crippen LogP contribution is -1.94. The van der Waals surface area contributed by atoms with E-state index in [0.29, 0.717) is 0 Å². The van der Waals surface area contributed by atoms with Gasteiger partial charge >= 0.3 is 0 Å². The van der Waals surface area contributed by atoms with Crippen LogP contribution in [-0.4, -0.2) is 11.2 Å². The summed E-state index contributed by atoms with van der Waals surface area (Å²) in [6.45, 7) is 0. The second-order valence-electron chi connectivity index (χ2n) is 3.28. The quantitative estimate of drug-likeness (QED) is 0.653. The van der Waals surface area contributed by atoms with Crippen LogP contribution in [0, 0.1) is 11.6 Å². The van der Waals surface area contributed by atoms with Crippen molar-refractivity contribution in [2.24, 2.45) is 5.10 Å². The van der Waals surface area contributed by atoms with Crippen molar-refractivity contribution < 1.29 is 8.78 Å². The van der Waals surface area contributed by atoms with Crippen molar-refractivity contribution in [2.75, 3.05) is 5.43 Å². The summed E-state index contributed by atoms with van der Waals surface area (Å²) in [4.78, 5) is 3.90. The van der Waals surface area contributed by atoms with Crippen molar-refractivity contribution in [1.29, 1.82) is 0 Å². The third-order valence-electron chi connectivity index (χ3n) is 2.01. The summed E-state index contributed by atoms with van der Waals surface area (Å²) < 4.78 is 25.8. The molecule has 0 aliphatic heterocycles. The number of nitrogens with one attached hydrogen (secondary N) is 1. The van der Waals surface area contributed by atoms with E-state index in [9.17, 15) is 8.78 Å². The fourth-order valence-corrected chi connectivity index (χ4v) is 1.21. The Labute approximate surface area is 96.8 Å². The lowest BCUT2D eigenvalue weighted by molar-refractivity contribution is 0.585. The van der Waals surface area contributed by atoms with Crippen LogP contribution in [0.4, 0.5) is 14.5 Å². The van der Waals surface area contributed by atoms with Crippen molar-refractivity contribution in [1.82, 2.24) is 4.98 Å². The van der Waals surface area contributed by atoms with Crippen LogP contribution >= 0.6 is 0 Å². The molecule has 1 heterocycles. The molecule has 0 radical (unpaired) electrons. The summed E-state index contributed by atoms with van der Waals surface area (Å²) >= 11 is 0. The molecular weight excluding hydrogens is 224 g/mol. The summed E-state index contributed by atoms with van der Waals surface area (Å²) in [5.74, 6) is -1.31. The van der Waals surface area contributed by atoms with Crippen molar-refractivity contribution in [3.63, 3.8) is 0 Å². The Bertz CT molecular complexity index is 527. The standard InChI is InChI=1S/C12H9F2N3/c13-10-3-4-12(11(14)6-10)17-16-8-9-2-1-5-15-7-9/h1-8,17H/b16-8+. The van der Waals surface area contributed by atoms with Crippen LogP contribution in [0.1, 0.15) is 5.56 Å². The van der Waals surface area contributed by atoms with Crippen LogP contribution in [0.5, 0.6) is 0 Å². The van der Waals surface area contributed by atoms with Crippen LogP contribution in [0.15, 0.2) is 47.8 Å². The van der Waals surface area contributed by atoms with Gasteiger partial charge in [0.05, 0.1) is 11.9 Å². The first-order chi connectivity index (χ1) is 8.25. The molecule has 2 rings (SSSR count). The smallest absolute Gasteiger partial charge is 0.151 e. The maximum Gasteiger partial charge on any atom is 0.151 e. The molecule has 0 saturated heterocycles. The summed E-state index contributed by atoms with van der Waals surface area (Å²) in [6, 6.07) is 6.80. The Hall–Kier alpha value is -2.30. The highest BCUT2D eigenvalue weighted by Crippen LogP contribution is 2.14. The van der Waals surface area contributed by atoms with Crippen LogP contribution in [0.3, 0.4) is 0 Å². The van der Waals surface area contributed by atoms with E-state index in [-0.39, 0.29) is 5.69 Å². The number of hydrogen-bond acceptors (Lipinski definition) is 3. The van der Waals surface area contributed by atoms with Gasteiger partial charge in [-0.25, -0.2) is 8.78 Å². The molecule has 3 nitrogen and oxygen atoms in total. The van der Waals surface area contributed by atoms with E-state index in [1.54, 1.807) is 24.5 Å². The first kappa shape index (κ1) is 11.2. The number of hydrogen-bond donors (Lipinski definition) is 1. The molecule has 1 N–H and O–H groups in total. The van der Waals surface area contributed by atoms with Gasteiger partial charge in [-0.3, -0.25) is 10.4 Å². The maximum atomic E-state index is 13.2. The second-order valence-corrected chi connectivity index (χ2v) is 3.28. The fourth-order valence-electron chi connectivity index (χ4n) is 1.21. The zero-order valence-corrected chi connectivity index (χ0v) is 8.77. The summed E-state index contributed by atoms with van der Waals surface area (Å²) in [5.41, 5.74) is 3.39. The fraction of sp³-hybridized carbons (Fsp3) is 0. The van der Waals surface area contributed by atoms with E-state index in [1.807, 2.05) is 0 Å². The number of anilines is 1. The zero-order chi connectivity index (χ0) is 12.1. The molecule has 0 aliphatic carbocycles. The zero-order valence-electron chi connectivity index (χ0n) is 8.77. The predicted octanol–water partition coefficient (Wildman–Crippen LogP) is 2.81. The van der Waals surface area contributed by atoms with E-state index < -0.39 is 11.6 Å². The monoisotopic (exact) mass is 233 g/mol. The Morgan fingerprint density at radius 1 is 1.24 bits per heavy atom. The summed E-state index contributed by atoms with van der Waals surface area (Å²) in [5, 5.41) is 3.82. The van der Waals surface area contributed by atoms with Gasteiger partial charge in [0.25, 0.3) is 0 Å². The first-order valence-electron chi connectivity index (χ1n) is 4.90. The molecule has 2 aromatic rings. The molecule has 0 aliphatic rings. The van der Waals surface area contributed by atoms with Gasteiger partial charge in [0.1, 0.15) is 5.82 Å². The van der Waals surface area contributed by atoms with Crippen LogP contribution in [0.2, 0.25) is 0 Å². The second kappa shape index (κ2) is 5.16. The van der Waals surface area contributed by atoms with Gasteiger partial charge in [0.15, 0.2) is 5.82 Å². The molecule has 0 amide bonds. The normalized spacial score (nSPS) is 10.7. The van der Waals surface area contributed by atoms with E-state index in [2.05, 4.69) is 15.5 Å². The predicted molar refractivity (Wildman–Crippen MR) is 61.8 cm³/mol. The number of rotatable bonds is 3. The highest BCUT2D eigenvalue weighted by Gasteiger charge is 2.01. The van der Waals surface area contributed by atoms with Gasteiger partial charge in [-0.05, 0) is 18.2 Å². The molecule has 0 unspecified atom stereocenters. The minimum atomic E-state index is -0.687. The molecule has 1 aromatic carbocycles. The van der Waals surface area contributed by atoms with Gasteiger partial charge in [0, 0.05) is 24.0 Å². The number of nitrogens with zero attached hydrogens (tertiary/aromatic N) is 2. The van der Waals surface area contributed by atoms with Crippen LogP contribution in [-0.2, 0) is 0 Å². The Morgan fingerprint density at radius 3 is 2.82 bits per heavy atom. The van der Waals surface area contributed by atoms with Crippen molar-refractivity contribution in [3.8, 4) is 0 Å². The molecule has 1 aromatic heterocycles. The van der Waals surface area contributed by atoms with Crippen LogP contribution in [0.25, 0.3) is 0 Å². The number of pyridine rings is 1. The van der Waals surface area contributed by atoms with Crippen molar-refractivity contribution in [3.05, 3.63) is 59.9 Å². The first-order valence-corrected chi connectivity index (χ1v) is 4.90. The highest BCUT2D eigenvalue weighted by atomic mass is 19.1. The van der Waals surface area contributed by atoms with E-state index >= 15 is 0 Å². The molecule has 86 valence electrons. The highest BCUT2D eigenvalue weighted by molar-refractivity contribution is 5.79. The topological polar surface area (TPSA) is 37.3 Å². The van der Waals surface area contributed by atoms with Gasteiger partial charge in [-0.15, -0.1) is 0 Å². The van der Waals surface area contributed by atoms with Gasteiger partial charge in [-0.2, -0.15) is 5.10 Å². The largest absolute Gasteiger partial charge is 0.276 e. The van der Waals surface area contributed by atoms with Gasteiger partial charge < -0.3 is 0 Å². The van der Waals surface area contributed by atoms with E-state index in [0.717, 1.165) is 17.7 Å². The van der Waals surface area contributed by atoms with Gasteiger partial charge in [0.2, 0.25) is 0 Å². The molecule has 17 heavy (non-hydrogen) atoms. The Kier molecular flexibility index (Phi) is 3.40. The SMILES string of the molecule is Fc1ccc(N/N=C/c2cccnc2)c(F)c1. The lowest BCUT2D eigenvalue weighted by Gasteiger charge is -2.01. The number of hydrazone groups is 1. The molecule has 0 saturated carbocycles.